The minimum Gasteiger partial charge on any atom is -0.478 e. The quantitative estimate of drug-likeness (QED) is 0.451. The van der Waals surface area contributed by atoms with E-state index in [4.69, 9.17) is 21.1 Å². The van der Waals surface area contributed by atoms with Gasteiger partial charge in [-0.15, -0.1) is 0 Å². The highest BCUT2D eigenvalue weighted by molar-refractivity contribution is 6.33. The van der Waals surface area contributed by atoms with Gasteiger partial charge < -0.3 is 14.2 Å². The van der Waals surface area contributed by atoms with Crippen molar-refractivity contribution in [2.75, 3.05) is 20.4 Å². The van der Waals surface area contributed by atoms with Crippen molar-refractivity contribution < 1.29 is 23.8 Å². The van der Waals surface area contributed by atoms with Crippen LogP contribution in [-0.2, 0) is 14.3 Å². The fourth-order valence-corrected chi connectivity index (χ4v) is 2.86. The Morgan fingerprint density at radius 1 is 1.24 bits per heavy atom. The van der Waals surface area contributed by atoms with E-state index >= 15 is 0 Å². The second-order valence-electron chi connectivity index (χ2n) is 6.92. The highest BCUT2D eigenvalue weighted by Crippen LogP contribution is 2.35. The van der Waals surface area contributed by atoms with Crippen LogP contribution >= 0.6 is 11.6 Å². The van der Waals surface area contributed by atoms with Crippen LogP contribution in [0.5, 0.6) is 5.75 Å². The molecule has 0 radical (unpaired) electrons. The lowest BCUT2D eigenvalue weighted by molar-refractivity contribution is -0.164. The van der Waals surface area contributed by atoms with Crippen molar-refractivity contribution in [3.63, 3.8) is 0 Å². The zero-order valence-corrected chi connectivity index (χ0v) is 15.8. The zero-order chi connectivity index (χ0) is 18.7. The number of esters is 2. The number of nitrogens with zero attached hydrogens (tertiary/aromatic N) is 1. The average molecular weight is 370 g/mol. The maximum absolute atomic E-state index is 12.5. The van der Waals surface area contributed by atoms with Gasteiger partial charge in [-0.1, -0.05) is 11.6 Å². The van der Waals surface area contributed by atoms with E-state index in [1.54, 1.807) is 29.2 Å². The normalized spacial score (nSPS) is 21.0. The molecule has 1 atom stereocenters. The summed E-state index contributed by atoms with van der Waals surface area (Å²) >= 11 is 6.56. The van der Waals surface area contributed by atoms with Gasteiger partial charge in [-0.2, -0.15) is 0 Å². The van der Waals surface area contributed by atoms with Gasteiger partial charge in [0.05, 0.1) is 12.7 Å². The molecule has 1 unspecified atom stereocenters. The molecule has 0 spiro atoms. The van der Waals surface area contributed by atoms with E-state index in [2.05, 4.69) is 4.74 Å². The standard InChI is InChI=1S/C18H24ClNO5/c1-17(2,3)25-16(22)18(19)10-5-11-20(18)12-24-14-8-6-13(7-9-14)15(21)23-4/h6-9H,5,10-12H2,1-4H3. The molecule has 1 aliphatic rings. The van der Waals surface area contributed by atoms with Crippen molar-refractivity contribution in [2.45, 2.75) is 44.2 Å². The first-order chi connectivity index (χ1) is 11.7. The molecule has 1 aromatic carbocycles. The van der Waals surface area contributed by atoms with Gasteiger partial charge in [0, 0.05) is 6.54 Å². The van der Waals surface area contributed by atoms with Gasteiger partial charge in [-0.3, -0.25) is 0 Å². The largest absolute Gasteiger partial charge is 0.478 e. The molecule has 2 rings (SSSR count). The van der Waals surface area contributed by atoms with E-state index in [-0.39, 0.29) is 6.73 Å². The summed E-state index contributed by atoms with van der Waals surface area (Å²) in [6.45, 7) is 6.22. The molecule has 1 aromatic rings. The number of carbonyl (C=O) groups is 2. The fraction of sp³-hybridized carbons (Fsp3) is 0.556. The Hall–Kier alpha value is -1.79. The number of alkyl halides is 1. The molecule has 1 fully saturated rings. The van der Waals surface area contributed by atoms with Crippen molar-refractivity contribution >= 4 is 23.5 Å². The summed E-state index contributed by atoms with van der Waals surface area (Å²) in [7, 11) is 1.33. The summed E-state index contributed by atoms with van der Waals surface area (Å²) in [5.74, 6) is -0.289. The molecule has 0 aromatic heterocycles. The third kappa shape index (κ3) is 4.86. The number of methoxy groups -OCH3 is 1. The highest BCUT2D eigenvalue weighted by atomic mass is 35.5. The van der Waals surface area contributed by atoms with Gasteiger partial charge >= 0.3 is 11.9 Å². The predicted octanol–water partition coefficient (Wildman–Crippen LogP) is 3.18. The van der Waals surface area contributed by atoms with Crippen molar-refractivity contribution in [3.05, 3.63) is 29.8 Å². The Bertz CT molecular complexity index is 625. The Balaban J connectivity index is 1.99. The second-order valence-corrected chi connectivity index (χ2v) is 7.54. The Morgan fingerprint density at radius 2 is 1.88 bits per heavy atom. The Labute approximate surface area is 153 Å². The Kier molecular flexibility index (Phi) is 5.95. The summed E-state index contributed by atoms with van der Waals surface area (Å²) in [6.07, 6.45) is 1.29. The summed E-state index contributed by atoms with van der Waals surface area (Å²) in [5.41, 5.74) is -0.158. The lowest BCUT2D eigenvalue weighted by atomic mass is 10.1. The first kappa shape index (κ1) is 19.5. The van der Waals surface area contributed by atoms with Crippen LogP contribution in [0.3, 0.4) is 0 Å². The van der Waals surface area contributed by atoms with Crippen molar-refractivity contribution in [1.82, 2.24) is 4.90 Å². The molecule has 138 valence electrons. The first-order valence-electron chi connectivity index (χ1n) is 8.14. The maximum atomic E-state index is 12.5. The molecular weight excluding hydrogens is 346 g/mol. The molecule has 1 aliphatic heterocycles. The number of halogens is 1. The number of rotatable bonds is 5. The molecule has 25 heavy (non-hydrogen) atoms. The third-order valence-corrected chi connectivity index (χ3v) is 4.39. The molecule has 1 saturated heterocycles. The maximum Gasteiger partial charge on any atom is 0.342 e. The molecule has 1 heterocycles. The van der Waals surface area contributed by atoms with E-state index in [1.165, 1.54) is 7.11 Å². The zero-order valence-electron chi connectivity index (χ0n) is 15.0. The molecule has 6 nitrogen and oxygen atoms in total. The lowest BCUT2D eigenvalue weighted by Gasteiger charge is -2.33. The van der Waals surface area contributed by atoms with E-state index in [0.29, 0.717) is 24.3 Å². The number of carbonyl (C=O) groups excluding carboxylic acids is 2. The monoisotopic (exact) mass is 369 g/mol. The summed E-state index contributed by atoms with van der Waals surface area (Å²) < 4.78 is 15.8. The molecule has 0 saturated carbocycles. The SMILES string of the molecule is COC(=O)c1ccc(OCN2CCCC2(Cl)C(=O)OC(C)(C)C)cc1. The van der Waals surface area contributed by atoms with E-state index in [9.17, 15) is 9.59 Å². The second kappa shape index (κ2) is 7.62. The summed E-state index contributed by atoms with van der Waals surface area (Å²) in [4.78, 5) is 24.4. The van der Waals surface area contributed by atoms with E-state index in [0.717, 1.165) is 6.42 Å². The van der Waals surface area contributed by atoms with Crippen LogP contribution in [0.1, 0.15) is 44.0 Å². The minimum absolute atomic E-state index is 0.153. The highest BCUT2D eigenvalue weighted by Gasteiger charge is 2.48. The van der Waals surface area contributed by atoms with Gasteiger partial charge in [0.2, 0.25) is 0 Å². The molecule has 0 amide bonds. The van der Waals surface area contributed by atoms with Crippen LogP contribution in [0, 0.1) is 0 Å². The van der Waals surface area contributed by atoms with Crippen LogP contribution in [-0.4, -0.2) is 47.8 Å². The van der Waals surface area contributed by atoms with Crippen LogP contribution in [0.4, 0.5) is 0 Å². The topological polar surface area (TPSA) is 65.1 Å². The van der Waals surface area contributed by atoms with Crippen LogP contribution < -0.4 is 4.74 Å². The van der Waals surface area contributed by atoms with Gasteiger partial charge in [-0.05, 0) is 57.9 Å². The molecule has 0 aliphatic carbocycles. The van der Waals surface area contributed by atoms with Gasteiger partial charge in [0.15, 0.2) is 5.00 Å². The number of hydrogen-bond donors (Lipinski definition) is 0. The first-order valence-corrected chi connectivity index (χ1v) is 8.52. The van der Waals surface area contributed by atoms with Gasteiger partial charge in [0.25, 0.3) is 0 Å². The minimum atomic E-state index is -1.21. The van der Waals surface area contributed by atoms with Gasteiger partial charge in [-0.25, -0.2) is 14.5 Å². The lowest BCUT2D eigenvalue weighted by Crippen LogP contribution is -2.50. The number of likely N-dealkylation sites (tertiary alicyclic amines) is 1. The summed E-state index contributed by atoms with van der Waals surface area (Å²) in [6, 6.07) is 6.58. The van der Waals surface area contributed by atoms with E-state index < -0.39 is 22.5 Å². The predicted molar refractivity (Wildman–Crippen MR) is 93.6 cm³/mol. The van der Waals surface area contributed by atoms with Crippen molar-refractivity contribution in [1.29, 1.82) is 0 Å². The van der Waals surface area contributed by atoms with Crippen molar-refractivity contribution in [2.24, 2.45) is 0 Å². The molecule has 0 bridgehead atoms. The number of hydrogen-bond acceptors (Lipinski definition) is 6. The number of ether oxygens (including phenoxy) is 3. The summed E-state index contributed by atoms with van der Waals surface area (Å²) in [5, 5.41) is 0. The Morgan fingerprint density at radius 3 is 2.44 bits per heavy atom. The molecule has 7 heteroatoms. The third-order valence-electron chi connectivity index (χ3n) is 3.81. The smallest absolute Gasteiger partial charge is 0.342 e. The van der Waals surface area contributed by atoms with E-state index in [1.807, 2.05) is 20.8 Å². The van der Waals surface area contributed by atoms with Crippen LogP contribution in [0.25, 0.3) is 0 Å². The fourth-order valence-electron chi connectivity index (χ4n) is 2.55. The van der Waals surface area contributed by atoms with Crippen LogP contribution in [0.2, 0.25) is 0 Å². The number of benzene rings is 1. The van der Waals surface area contributed by atoms with Gasteiger partial charge in [0.1, 0.15) is 18.1 Å². The van der Waals surface area contributed by atoms with Crippen LogP contribution in [0.15, 0.2) is 24.3 Å². The van der Waals surface area contributed by atoms with Crippen molar-refractivity contribution in [3.8, 4) is 5.75 Å². The average Bonchev–Trinajstić information content (AvgIpc) is 2.93. The molecule has 0 N–H and O–H groups in total. The molecular formula is C18H24ClNO5.